The van der Waals surface area contributed by atoms with Gasteiger partial charge in [0, 0.05) is 37.1 Å². The van der Waals surface area contributed by atoms with Crippen LogP contribution in [-0.4, -0.2) is 37.9 Å². The zero-order chi connectivity index (χ0) is 17.1. The van der Waals surface area contributed by atoms with E-state index in [1.165, 1.54) is 37.8 Å². The van der Waals surface area contributed by atoms with Crippen LogP contribution in [-0.2, 0) is 4.74 Å². The molecule has 2 N–H and O–H groups in total. The van der Waals surface area contributed by atoms with Crippen LogP contribution in [0.25, 0.3) is 0 Å². The highest BCUT2D eigenvalue weighted by Crippen LogP contribution is 2.38. The van der Waals surface area contributed by atoms with Gasteiger partial charge in [-0.05, 0) is 69.1 Å². The summed E-state index contributed by atoms with van der Waals surface area (Å²) in [4.78, 5) is 14.8. The highest BCUT2D eigenvalue weighted by Gasteiger charge is 2.36. The van der Waals surface area contributed by atoms with E-state index in [4.69, 9.17) is 4.74 Å². The minimum Gasteiger partial charge on any atom is -0.378 e. The third-order valence-electron chi connectivity index (χ3n) is 5.62. The lowest BCUT2D eigenvalue weighted by atomic mass is 10.0. The number of ether oxygens (including phenoxy) is 1. The lowest BCUT2D eigenvalue weighted by Crippen LogP contribution is -2.44. The fourth-order valence-electron chi connectivity index (χ4n) is 4.04. The number of carbonyl (C=O) groups is 1. The first-order valence-electron chi connectivity index (χ1n) is 9.82. The van der Waals surface area contributed by atoms with Gasteiger partial charge in [0.15, 0.2) is 0 Å². The number of urea groups is 1. The van der Waals surface area contributed by atoms with Gasteiger partial charge in [0.1, 0.15) is 0 Å². The number of hydrogen-bond acceptors (Lipinski definition) is 3. The molecule has 2 heterocycles. The highest BCUT2D eigenvalue weighted by atomic mass is 16.5. The van der Waals surface area contributed by atoms with E-state index in [0.717, 1.165) is 44.1 Å². The quantitative estimate of drug-likeness (QED) is 0.875. The summed E-state index contributed by atoms with van der Waals surface area (Å²) >= 11 is 0. The monoisotopic (exact) mass is 343 g/mol. The molecule has 2 amide bonds. The van der Waals surface area contributed by atoms with Crippen molar-refractivity contribution in [2.24, 2.45) is 5.92 Å². The van der Waals surface area contributed by atoms with Crippen molar-refractivity contribution in [1.82, 2.24) is 5.32 Å². The molecule has 2 aliphatic heterocycles. The molecule has 1 aromatic carbocycles. The molecule has 136 valence electrons. The summed E-state index contributed by atoms with van der Waals surface area (Å²) < 4.78 is 5.84. The summed E-state index contributed by atoms with van der Waals surface area (Å²) in [5.74, 6) is 0.730. The third-order valence-corrected chi connectivity index (χ3v) is 5.62. The molecule has 3 aliphatic rings. The second kappa shape index (κ2) is 7.65. The van der Waals surface area contributed by atoms with E-state index >= 15 is 0 Å². The Morgan fingerprint density at radius 1 is 1.12 bits per heavy atom. The van der Waals surface area contributed by atoms with Crippen molar-refractivity contribution < 1.29 is 9.53 Å². The molecule has 1 saturated carbocycles. The summed E-state index contributed by atoms with van der Waals surface area (Å²) in [5.41, 5.74) is 2.07. The molecular formula is C20H29N3O2. The van der Waals surface area contributed by atoms with Gasteiger partial charge in [-0.25, -0.2) is 4.79 Å². The molecule has 1 aliphatic carbocycles. The van der Waals surface area contributed by atoms with Gasteiger partial charge in [-0.2, -0.15) is 0 Å². The fourth-order valence-corrected chi connectivity index (χ4v) is 4.04. The van der Waals surface area contributed by atoms with Gasteiger partial charge in [0.05, 0.1) is 6.10 Å². The van der Waals surface area contributed by atoms with Gasteiger partial charge in [-0.15, -0.1) is 0 Å². The number of piperidine rings is 1. The van der Waals surface area contributed by atoms with Crippen molar-refractivity contribution in [2.75, 3.05) is 29.9 Å². The first kappa shape index (κ1) is 16.7. The van der Waals surface area contributed by atoms with Crippen molar-refractivity contribution >= 4 is 17.4 Å². The van der Waals surface area contributed by atoms with Crippen LogP contribution in [0.15, 0.2) is 24.3 Å². The standard InChI is InChI=1S/C20H29N3O2/c24-20(22-17-9-12-25-19(14-17)15-7-8-15)21-16-5-4-6-18(13-16)23-10-2-1-3-11-23/h4-6,13,15,17,19H,1-3,7-12,14H2,(H2,21,22,24)/t17-,19+/m1/s1. The summed E-state index contributed by atoms with van der Waals surface area (Å²) in [6.07, 6.45) is 8.61. The van der Waals surface area contributed by atoms with Crippen LogP contribution in [0.1, 0.15) is 44.9 Å². The molecule has 0 radical (unpaired) electrons. The predicted octanol–water partition coefficient (Wildman–Crippen LogP) is 3.76. The van der Waals surface area contributed by atoms with Gasteiger partial charge in [0.2, 0.25) is 0 Å². The largest absolute Gasteiger partial charge is 0.378 e. The van der Waals surface area contributed by atoms with Crippen molar-refractivity contribution in [2.45, 2.75) is 57.1 Å². The van der Waals surface area contributed by atoms with Crippen LogP contribution < -0.4 is 15.5 Å². The summed E-state index contributed by atoms with van der Waals surface area (Å²) in [5, 5.41) is 6.15. The SMILES string of the molecule is O=C(Nc1cccc(N2CCCCC2)c1)N[C@@H]1CCO[C@H](C2CC2)C1. The first-order valence-corrected chi connectivity index (χ1v) is 9.82. The van der Waals surface area contributed by atoms with Crippen molar-refractivity contribution in [3.63, 3.8) is 0 Å². The number of rotatable bonds is 4. The van der Waals surface area contributed by atoms with Crippen LogP contribution in [0.3, 0.4) is 0 Å². The molecule has 0 unspecified atom stereocenters. The van der Waals surface area contributed by atoms with Gasteiger partial charge in [-0.3, -0.25) is 0 Å². The van der Waals surface area contributed by atoms with Gasteiger partial charge < -0.3 is 20.3 Å². The molecule has 2 saturated heterocycles. The number of anilines is 2. The van der Waals surface area contributed by atoms with Crippen molar-refractivity contribution in [3.8, 4) is 0 Å². The van der Waals surface area contributed by atoms with E-state index in [0.29, 0.717) is 6.10 Å². The maximum Gasteiger partial charge on any atom is 0.319 e. The Bertz CT molecular complexity index is 596. The Labute approximate surface area is 150 Å². The molecule has 5 nitrogen and oxygen atoms in total. The minimum absolute atomic E-state index is 0.0998. The Hall–Kier alpha value is -1.75. The minimum atomic E-state index is -0.0998. The Morgan fingerprint density at radius 3 is 2.76 bits per heavy atom. The second-order valence-corrected chi connectivity index (χ2v) is 7.66. The number of carbonyl (C=O) groups excluding carboxylic acids is 1. The maximum absolute atomic E-state index is 12.4. The van der Waals surface area contributed by atoms with E-state index < -0.39 is 0 Å². The Kier molecular flexibility index (Phi) is 5.11. The molecular weight excluding hydrogens is 314 g/mol. The molecule has 25 heavy (non-hydrogen) atoms. The maximum atomic E-state index is 12.4. The number of nitrogens with one attached hydrogen (secondary N) is 2. The lowest BCUT2D eigenvalue weighted by molar-refractivity contribution is -0.00889. The van der Waals surface area contributed by atoms with E-state index in [1.54, 1.807) is 0 Å². The predicted molar refractivity (Wildman–Crippen MR) is 100 cm³/mol. The number of benzene rings is 1. The Morgan fingerprint density at radius 2 is 1.96 bits per heavy atom. The molecule has 1 aromatic rings. The normalized spacial score (nSPS) is 27.0. The second-order valence-electron chi connectivity index (χ2n) is 7.66. The lowest BCUT2D eigenvalue weighted by Gasteiger charge is -2.30. The molecule has 4 rings (SSSR count). The van der Waals surface area contributed by atoms with Gasteiger partial charge in [0.25, 0.3) is 0 Å². The smallest absolute Gasteiger partial charge is 0.319 e. The van der Waals surface area contributed by atoms with Gasteiger partial charge >= 0.3 is 6.03 Å². The summed E-state index contributed by atoms with van der Waals surface area (Å²) in [6.45, 7) is 2.98. The van der Waals surface area contributed by atoms with E-state index in [9.17, 15) is 4.79 Å². The Balaban J connectivity index is 1.31. The van der Waals surface area contributed by atoms with Gasteiger partial charge in [-0.1, -0.05) is 6.07 Å². The van der Waals surface area contributed by atoms with Crippen LogP contribution in [0.5, 0.6) is 0 Å². The van der Waals surface area contributed by atoms with Crippen LogP contribution in [0.2, 0.25) is 0 Å². The van der Waals surface area contributed by atoms with Crippen molar-refractivity contribution in [1.29, 1.82) is 0 Å². The molecule has 5 heteroatoms. The van der Waals surface area contributed by atoms with E-state index in [1.807, 2.05) is 12.1 Å². The topological polar surface area (TPSA) is 53.6 Å². The third kappa shape index (κ3) is 4.46. The summed E-state index contributed by atoms with van der Waals surface area (Å²) in [6, 6.07) is 8.33. The molecule has 2 atom stereocenters. The molecule has 0 aromatic heterocycles. The molecule has 0 bridgehead atoms. The summed E-state index contributed by atoms with van der Waals surface area (Å²) in [7, 11) is 0. The highest BCUT2D eigenvalue weighted by molar-refractivity contribution is 5.90. The molecule has 3 fully saturated rings. The van der Waals surface area contributed by atoms with E-state index in [-0.39, 0.29) is 12.1 Å². The van der Waals surface area contributed by atoms with Crippen LogP contribution >= 0.6 is 0 Å². The number of hydrogen-bond donors (Lipinski definition) is 2. The molecule has 0 spiro atoms. The van der Waals surface area contributed by atoms with Crippen LogP contribution in [0.4, 0.5) is 16.2 Å². The number of nitrogens with zero attached hydrogens (tertiary/aromatic N) is 1. The van der Waals surface area contributed by atoms with Crippen LogP contribution in [0, 0.1) is 5.92 Å². The zero-order valence-electron chi connectivity index (χ0n) is 14.9. The first-order chi connectivity index (χ1) is 12.3. The van der Waals surface area contributed by atoms with E-state index in [2.05, 4.69) is 27.7 Å². The van der Waals surface area contributed by atoms with Crippen molar-refractivity contribution in [3.05, 3.63) is 24.3 Å². The number of amides is 2. The fraction of sp³-hybridized carbons (Fsp3) is 0.650. The average molecular weight is 343 g/mol. The zero-order valence-corrected chi connectivity index (χ0v) is 14.9. The average Bonchev–Trinajstić information content (AvgIpc) is 3.48.